The van der Waals surface area contributed by atoms with E-state index in [1.165, 1.54) is 0 Å². The standard InChI is InChI=1S/C10H14N2OS/c13-9(8-4-2-1-3-5-8)12-10-11-6-7-14-10/h1-2,8H,3-7H2,(H,11,12,13)/t8-/m1/s1. The highest BCUT2D eigenvalue weighted by molar-refractivity contribution is 8.14. The van der Waals surface area contributed by atoms with Crippen molar-refractivity contribution in [3.05, 3.63) is 12.2 Å². The molecule has 2 rings (SSSR count). The molecule has 76 valence electrons. The first-order chi connectivity index (χ1) is 6.86. The molecular weight excluding hydrogens is 196 g/mol. The molecule has 14 heavy (non-hydrogen) atoms. The fourth-order valence-corrected chi connectivity index (χ4v) is 2.38. The van der Waals surface area contributed by atoms with Gasteiger partial charge < -0.3 is 5.32 Å². The van der Waals surface area contributed by atoms with Gasteiger partial charge in [-0.25, -0.2) is 0 Å². The molecule has 3 nitrogen and oxygen atoms in total. The van der Waals surface area contributed by atoms with Crippen molar-refractivity contribution in [2.45, 2.75) is 19.3 Å². The SMILES string of the molecule is O=C(NC1=NCCS1)[C@@H]1CC=CCC1. The minimum atomic E-state index is 0.141. The fraction of sp³-hybridized carbons (Fsp3) is 0.600. The van der Waals surface area contributed by atoms with Crippen molar-refractivity contribution in [2.24, 2.45) is 10.9 Å². The number of hydrogen-bond donors (Lipinski definition) is 1. The van der Waals surface area contributed by atoms with Gasteiger partial charge in [0.15, 0.2) is 5.17 Å². The lowest BCUT2D eigenvalue weighted by molar-refractivity contribution is -0.123. The van der Waals surface area contributed by atoms with Crippen LogP contribution in [0.2, 0.25) is 0 Å². The number of carbonyl (C=O) groups excluding carboxylic acids is 1. The number of amides is 1. The van der Waals surface area contributed by atoms with Crippen LogP contribution in [0.4, 0.5) is 0 Å². The Morgan fingerprint density at radius 1 is 1.57 bits per heavy atom. The van der Waals surface area contributed by atoms with Crippen molar-refractivity contribution in [1.82, 2.24) is 5.32 Å². The highest BCUT2D eigenvalue weighted by Crippen LogP contribution is 2.19. The van der Waals surface area contributed by atoms with Crippen molar-refractivity contribution in [3.63, 3.8) is 0 Å². The molecule has 0 fully saturated rings. The van der Waals surface area contributed by atoms with Gasteiger partial charge in [-0.3, -0.25) is 9.79 Å². The molecule has 0 unspecified atom stereocenters. The zero-order chi connectivity index (χ0) is 9.80. The van der Waals surface area contributed by atoms with Gasteiger partial charge in [0.25, 0.3) is 0 Å². The molecule has 0 saturated heterocycles. The predicted molar refractivity (Wildman–Crippen MR) is 59.4 cm³/mol. The first kappa shape index (κ1) is 9.77. The van der Waals surface area contributed by atoms with Crippen LogP contribution in [0.5, 0.6) is 0 Å². The topological polar surface area (TPSA) is 41.5 Å². The van der Waals surface area contributed by atoms with Gasteiger partial charge in [0.2, 0.25) is 5.91 Å². The van der Waals surface area contributed by atoms with Crippen LogP contribution in [0, 0.1) is 5.92 Å². The van der Waals surface area contributed by atoms with Gasteiger partial charge in [0.1, 0.15) is 0 Å². The number of nitrogens with zero attached hydrogens (tertiary/aromatic N) is 1. The number of amidine groups is 1. The van der Waals surface area contributed by atoms with Crippen LogP contribution in [-0.2, 0) is 4.79 Å². The van der Waals surface area contributed by atoms with E-state index >= 15 is 0 Å². The molecule has 2 aliphatic rings. The van der Waals surface area contributed by atoms with Gasteiger partial charge >= 0.3 is 0 Å². The minimum Gasteiger partial charge on any atom is -0.305 e. The van der Waals surface area contributed by atoms with Gasteiger partial charge in [-0.05, 0) is 19.3 Å². The molecule has 1 atom stereocenters. The number of carbonyl (C=O) groups is 1. The van der Waals surface area contributed by atoms with Gasteiger partial charge in [0, 0.05) is 11.7 Å². The molecule has 1 heterocycles. The summed E-state index contributed by atoms with van der Waals surface area (Å²) in [5, 5.41) is 3.70. The lowest BCUT2D eigenvalue weighted by atomic mass is 9.94. The third kappa shape index (κ3) is 2.38. The second kappa shape index (κ2) is 4.64. The van der Waals surface area contributed by atoms with Crippen molar-refractivity contribution in [3.8, 4) is 0 Å². The monoisotopic (exact) mass is 210 g/mol. The molecule has 0 aromatic heterocycles. The third-order valence-electron chi connectivity index (χ3n) is 2.46. The summed E-state index contributed by atoms with van der Waals surface area (Å²) < 4.78 is 0. The quantitative estimate of drug-likeness (QED) is 0.667. The molecule has 0 aromatic rings. The smallest absolute Gasteiger partial charge is 0.229 e. The Hall–Kier alpha value is -0.770. The third-order valence-corrected chi connectivity index (χ3v) is 3.35. The van der Waals surface area contributed by atoms with Gasteiger partial charge in [-0.2, -0.15) is 0 Å². The van der Waals surface area contributed by atoms with E-state index in [4.69, 9.17) is 0 Å². The molecule has 0 radical (unpaired) electrons. The van der Waals surface area contributed by atoms with E-state index in [-0.39, 0.29) is 11.8 Å². The van der Waals surface area contributed by atoms with E-state index in [0.29, 0.717) is 0 Å². The van der Waals surface area contributed by atoms with Crippen LogP contribution in [0.1, 0.15) is 19.3 Å². The van der Waals surface area contributed by atoms with Crippen molar-refractivity contribution in [2.75, 3.05) is 12.3 Å². The normalized spacial score (nSPS) is 26.0. The molecule has 0 saturated carbocycles. The zero-order valence-electron chi connectivity index (χ0n) is 8.03. The van der Waals surface area contributed by atoms with Gasteiger partial charge in [-0.1, -0.05) is 23.9 Å². The fourth-order valence-electron chi connectivity index (χ4n) is 1.65. The van der Waals surface area contributed by atoms with Crippen LogP contribution in [0.25, 0.3) is 0 Å². The molecular formula is C10H14N2OS. The Morgan fingerprint density at radius 2 is 2.50 bits per heavy atom. The Bertz CT molecular complexity index is 286. The predicted octanol–water partition coefficient (Wildman–Crippen LogP) is 1.56. The maximum Gasteiger partial charge on any atom is 0.229 e. The lowest BCUT2D eigenvalue weighted by Crippen LogP contribution is -2.33. The van der Waals surface area contributed by atoms with Crippen LogP contribution in [0.15, 0.2) is 17.1 Å². The highest BCUT2D eigenvalue weighted by atomic mass is 32.2. The number of allylic oxidation sites excluding steroid dienone is 2. The molecule has 1 amide bonds. The van der Waals surface area contributed by atoms with Crippen LogP contribution >= 0.6 is 11.8 Å². The molecule has 1 aliphatic heterocycles. The minimum absolute atomic E-state index is 0.141. The number of aliphatic imine (C=N–C) groups is 1. The summed E-state index contributed by atoms with van der Waals surface area (Å²) in [4.78, 5) is 15.9. The Labute approximate surface area is 88.1 Å². The number of hydrogen-bond acceptors (Lipinski definition) is 3. The van der Waals surface area contributed by atoms with Gasteiger partial charge in [0.05, 0.1) is 6.54 Å². The summed E-state index contributed by atoms with van der Waals surface area (Å²) in [7, 11) is 0. The maximum absolute atomic E-state index is 11.7. The second-order valence-electron chi connectivity index (χ2n) is 3.51. The molecule has 4 heteroatoms. The summed E-state index contributed by atoms with van der Waals surface area (Å²) in [5.41, 5.74) is 0. The second-order valence-corrected chi connectivity index (χ2v) is 4.59. The first-order valence-corrected chi connectivity index (χ1v) is 5.98. The Kier molecular flexibility index (Phi) is 3.24. The van der Waals surface area contributed by atoms with Crippen LogP contribution in [0.3, 0.4) is 0 Å². The lowest BCUT2D eigenvalue weighted by Gasteiger charge is -2.16. The van der Waals surface area contributed by atoms with E-state index in [2.05, 4.69) is 22.5 Å². The van der Waals surface area contributed by atoms with E-state index in [0.717, 1.165) is 36.7 Å². The number of nitrogens with one attached hydrogen (secondary N) is 1. The van der Waals surface area contributed by atoms with Crippen molar-refractivity contribution in [1.29, 1.82) is 0 Å². The van der Waals surface area contributed by atoms with Gasteiger partial charge in [-0.15, -0.1) is 0 Å². The van der Waals surface area contributed by atoms with Crippen molar-refractivity contribution >= 4 is 22.8 Å². The highest BCUT2D eigenvalue weighted by Gasteiger charge is 2.20. The summed E-state index contributed by atoms with van der Waals surface area (Å²) in [6.45, 7) is 0.838. The first-order valence-electron chi connectivity index (χ1n) is 4.99. The molecule has 1 N–H and O–H groups in total. The summed E-state index contributed by atoms with van der Waals surface area (Å²) in [6.07, 6.45) is 7.12. The van der Waals surface area contributed by atoms with E-state index in [1.807, 2.05) is 0 Å². The largest absolute Gasteiger partial charge is 0.305 e. The summed E-state index contributed by atoms with van der Waals surface area (Å²) in [5.74, 6) is 1.30. The number of rotatable bonds is 1. The Balaban J connectivity index is 1.85. The average molecular weight is 210 g/mol. The molecule has 0 spiro atoms. The number of thioether (sulfide) groups is 1. The molecule has 0 bridgehead atoms. The van der Waals surface area contributed by atoms with E-state index in [1.54, 1.807) is 11.8 Å². The molecule has 1 aliphatic carbocycles. The zero-order valence-corrected chi connectivity index (χ0v) is 8.85. The summed E-state index contributed by atoms with van der Waals surface area (Å²) in [6, 6.07) is 0. The Morgan fingerprint density at radius 3 is 3.14 bits per heavy atom. The average Bonchev–Trinajstić information content (AvgIpc) is 2.72. The van der Waals surface area contributed by atoms with E-state index < -0.39 is 0 Å². The van der Waals surface area contributed by atoms with Crippen LogP contribution < -0.4 is 5.32 Å². The van der Waals surface area contributed by atoms with Crippen molar-refractivity contribution < 1.29 is 4.79 Å². The summed E-state index contributed by atoms with van der Waals surface area (Å²) >= 11 is 1.63. The molecule has 0 aromatic carbocycles. The maximum atomic E-state index is 11.7. The van der Waals surface area contributed by atoms with Crippen LogP contribution in [-0.4, -0.2) is 23.4 Å². The van der Waals surface area contributed by atoms with E-state index in [9.17, 15) is 4.79 Å².